The number of hydrogen-bond acceptors (Lipinski definition) is 5. The first-order valence-electron chi connectivity index (χ1n) is 7.88. The van der Waals surface area contributed by atoms with E-state index in [1.165, 1.54) is 16.2 Å². The van der Waals surface area contributed by atoms with Crippen molar-refractivity contribution in [2.45, 2.75) is 64.5 Å². The lowest BCUT2D eigenvalue weighted by Gasteiger charge is -2.34. The first kappa shape index (κ1) is 15.4. The largest absolute Gasteiger partial charge is 0.325 e. The smallest absolute Gasteiger partial charge is 0.323 e. The van der Waals surface area contributed by atoms with Crippen LogP contribution in [-0.4, -0.2) is 32.6 Å². The van der Waals surface area contributed by atoms with Crippen molar-refractivity contribution in [2.24, 2.45) is 5.92 Å². The molecule has 6 nitrogen and oxygen atoms in total. The van der Waals surface area contributed by atoms with Crippen molar-refractivity contribution in [1.29, 1.82) is 0 Å². The number of nitrogens with zero attached hydrogens (tertiary/aromatic N) is 3. The molecule has 120 valence electrons. The van der Waals surface area contributed by atoms with Crippen molar-refractivity contribution in [1.82, 2.24) is 20.4 Å². The molecule has 3 rings (SSSR count). The lowest BCUT2D eigenvalue weighted by molar-refractivity contribution is -0.133. The zero-order valence-corrected chi connectivity index (χ0v) is 14.1. The van der Waals surface area contributed by atoms with E-state index < -0.39 is 5.54 Å². The summed E-state index contributed by atoms with van der Waals surface area (Å²) in [4.78, 5) is 26.4. The van der Waals surface area contributed by atoms with Gasteiger partial charge < -0.3 is 5.32 Å². The van der Waals surface area contributed by atoms with Crippen molar-refractivity contribution in [3.63, 3.8) is 0 Å². The summed E-state index contributed by atoms with van der Waals surface area (Å²) in [6.45, 7) is 6.47. The molecule has 2 fully saturated rings. The molecule has 1 spiro atoms. The topological polar surface area (TPSA) is 75.2 Å². The Balaban J connectivity index is 1.76. The number of aromatic nitrogens is 2. The molecule has 2 heterocycles. The first-order chi connectivity index (χ1) is 10.4. The van der Waals surface area contributed by atoms with E-state index in [0.717, 1.165) is 30.7 Å². The minimum Gasteiger partial charge on any atom is -0.323 e. The molecule has 1 aliphatic heterocycles. The van der Waals surface area contributed by atoms with Gasteiger partial charge in [-0.3, -0.25) is 9.69 Å². The van der Waals surface area contributed by atoms with Gasteiger partial charge in [-0.2, -0.15) is 0 Å². The fraction of sp³-hybridized carbons (Fsp3) is 0.733. The second kappa shape index (κ2) is 5.61. The summed E-state index contributed by atoms with van der Waals surface area (Å²) in [6.07, 6.45) is 3.59. The van der Waals surface area contributed by atoms with Crippen molar-refractivity contribution < 1.29 is 9.59 Å². The number of imide groups is 1. The maximum atomic E-state index is 12.8. The highest BCUT2D eigenvalue weighted by Gasteiger charge is 2.52. The van der Waals surface area contributed by atoms with Crippen LogP contribution in [0.4, 0.5) is 4.79 Å². The van der Waals surface area contributed by atoms with E-state index in [1.54, 1.807) is 0 Å². The van der Waals surface area contributed by atoms with Crippen molar-refractivity contribution in [2.75, 3.05) is 0 Å². The lowest BCUT2D eigenvalue weighted by atomic mass is 9.76. The summed E-state index contributed by atoms with van der Waals surface area (Å²) in [7, 11) is 0. The van der Waals surface area contributed by atoms with Crippen LogP contribution in [0.3, 0.4) is 0 Å². The molecule has 1 aliphatic carbocycles. The molecule has 0 unspecified atom stereocenters. The number of hydrogen-bond donors (Lipinski definition) is 1. The summed E-state index contributed by atoms with van der Waals surface area (Å²) in [5.74, 6) is 0.678. The van der Waals surface area contributed by atoms with Gasteiger partial charge >= 0.3 is 6.03 Å². The molecule has 1 N–H and O–H groups in total. The summed E-state index contributed by atoms with van der Waals surface area (Å²) in [6, 6.07) is -0.291. The molecule has 2 aliphatic rings. The van der Waals surface area contributed by atoms with Crippen molar-refractivity contribution >= 4 is 23.3 Å². The Labute approximate surface area is 134 Å². The Morgan fingerprint density at radius 1 is 1.41 bits per heavy atom. The minimum absolute atomic E-state index is 0.0923. The zero-order valence-electron chi connectivity index (χ0n) is 13.3. The molecule has 3 amide bonds. The van der Waals surface area contributed by atoms with Crippen LogP contribution < -0.4 is 5.32 Å². The Morgan fingerprint density at radius 2 is 2.18 bits per heavy atom. The minimum atomic E-state index is -0.680. The van der Waals surface area contributed by atoms with Crippen LogP contribution >= 0.6 is 11.3 Å². The quantitative estimate of drug-likeness (QED) is 0.868. The fourth-order valence-corrected chi connectivity index (χ4v) is 4.21. The molecule has 0 radical (unpaired) electrons. The second-order valence-corrected chi connectivity index (χ2v) is 7.89. The maximum Gasteiger partial charge on any atom is 0.325 e. The molecule has 0 bridgehead atoms. The Kier molecular flexibility index (Phi) is 3.92. The van der Waals surface area contributed by atoms with E-state index in [4.69, 9.17) is 0 Å². The molecule has 22 heavy (non-hydrogen) atoms. The molecule has 2 atom stereocenters. The van der Waals surface area contributed by atoms with Crippen molar-refractivity contribution in [3.05, 3.63) is 10.0 Å². The summed E-state index contributed by atoms with van der Waals surface area (Å²) in [5, 5.41) is 12.8. The third-order valence-electron chi connectivity index (χ3n) is 4.51. The van der Waals surface area contributed by atoms with E-state index in [0.29, 0.717) is 16.8 Å². The van der Waals surface area contributed by atoms with E-state index in [2.05, 4.69) is 36.3 Å². The molecule has 1 saturated heterocycles. The Bertz CT molecular complexity index is 600. The monoisotopic (exact) mass is 322 g/mol. The third-order valence-corrected chi connectivity index (χ3v) is 5.72. The molecule has 7 heteroatoms. The summed E-state index contributed by atoms with van der Waals surface area (Å²) >= 11 is 1.47. The average Bonchev–Trinajstić information content (AvgIpc) is 2.99. The number of carbonyl (C=O) groups excluding carboxylic acids is 2. The Morgan fingerprint density at radius 3 is 2.82 bits per heavy atom. The third kappa shape index (κ3) is 2.62. The van der Waals surface area contributed by atoms with Crippen LogP contribution in [0.5, 0.6) is 0 Å². The highest BCUT2D eigenvalue weighted by atomic mass is 32.1. The molecule has 1 aromatic heterocycles. The number of rotatable bonds is 3. The van der Waals surface area contributed by atoms with Gasteiger partial charge in [0.2, 0.25) is 0 Å². The number of amides is 3. The van der Waals surface area contributed by atoms with E-state index in [-0.39, 0.29) is 18.5 Å². The zero-order chi connectivity index (χ0) is 15.9. The van der Waals surface area contributed by atoms with Gasteiger partial charge in [-0.15, -0.1) is 10.2 Å². The highest BCUT2D eigenvalue weighted by molar-refractivity contribution is 7.11. The first-order valence-corrected chi connectivity index (χ1v) is 8.69. The normalized spacial score (nSPS) is 28.7. The van der Waals surface area contributed by atoms with Gasteiger partial charge in [0, 0.05) is 5.92 Å². The molecule has 1 saturated carbocycles. The predicted molar refractivity (Wildman–Crippen MR) is 83.4 cm³/mol. The number of nitrogens with one attached hydrogen (secondary N) is 1. The molecule has 0 aromatic carbocycles. The Hall–Kier alpha value is -1.50. The number of carbonyl (C=O) groups is 2. The lowest BCUT2D eigenvalue weighted by Crippen LogP contribution is -2.50. The van der Waals surface area contributed by atoms with Crippen LogP contribution in [-0.2, 0) is 11.3 Å². The molecular formula is C15H22N4O2S. The predicted octanol–water partition coefficient (Wildman–Crippen LogP) is 2.66. The van der Waals surface area contributed by atoms with Gasteiger partial charge in [0.25, 0.3) is 5.91 Å². The second-order valence-electron chi connectivity index (χ2n) is 6.79. The molecular weight excluding hydrogens is 300 g/mol. The fourth-order valence-electron chi connectivity index (χ4n) is 3.38. The van der Waals surface area contributed by atoms with Crippen LogP contribution in [0.15, 0.2) is 0 Å². The van der Waals surface area contributed by atoms with Crippen LogP contribution in [0.25, 0.3) is 0 Å². The van der Waals surface area contributed by atoms with Crippen molar-refractivity contribution in [3.8, 4) is 0 Å². The van der Waals surface area contributed by atoms with Gasteiger partial charge in [-0.25, -0.2) is 4.79 Å². The average molecular weight is 322 g/mol. The molecule has 1 aromatic rings. The highest BCUT2D eigenvalue weighted by Crippen LogP contribution is 2.37. The summed E-state index contributed by atoms with van der Waals surface area (Å²) < 4.78 is 0. The van der Waals surface area contributed by atoms with E-state index in [9.17, 15) is 9.59 Å². The standard InChI is InChI=1S/C15H22N4O2S/c1-9(2)12-18-17-11(22-12)8-19-13(20)15(16-14(19)21)6-4-5-10(3)7-15/h9-10H,4-8H2,1-3H3,(H,16,21)/t10-,15+/m1/s1. The van der Waals surface area contributed by atoms with Gasteiger partial charge in [0.05, 0.1) is 6.54 Å². The van der Waals surface area contributed by atoms with Crippen LogP contribution in [0.1, 0.15) is 62.4 Å². The van der Waals surface area contributed by atoms with Gasteiger partial charge in [0.1, 0.15) is 15.6 Å². The number of urea groups is 1. The van der Waals surface area contributed by atoms with Crippen LogP contribution in [0, 0.1) is 5.92 Å². The van der Waals surface area contributed by atoms with E-state index in [1.807, 2.05) is 0 Å². The van der Waals surface area contributed by atoms with Gasteiger partial charge in [0.15, 0.2) is 0 Å². The summed E-state index contributed by atoms with van der Waals surface area (Å²) in [5.41, 5.74) is -0.680. The van der Waals surface area contributed by atoms with Gasteiger partial charge in [-0.05, 0) is 18.8 Å². The maximum absolute atomic E-state index is 12.8. The van der Waals surface area contributed by atoms with Crippen LogP contribution in [0.2, 0.25) is 0 Å². The SMILES string of the molecule is CC(C)c1nnc(CN2C(=O)N[C@]3(CCC[C@@H](C)C3)C2=O)s1. The van der Waals surface area contributed by atoms with E-state index >= 15 is 0 Å². The van der Waals surface area contributed by atoms with Gasteiger partial charge in [-0.1, -0.05) is 44.9 Å².